The first-order valence-electron chi connectivity index (χ1n) is 6.84. The predicted octanol–water partition coefficient (Wildman–Crippen LogP) is 1.65. The van der Waals surface area contributed by atoms with E-state index in [0.717, 1.165) is 23.6 Å². The SMILES string of the molecule is CN(Cc1cccc([N+](=O)[O-])c1)C(=O)CC1CSCCN1. The van der Waals surface area contributed by atoms with E-state index in [1.165, 1.54) is 12.1 Å². The summed E-state index contributed by atoms with van der Waals surface area (Å²) in [5, 5.41) is 14.1. The maximum Gasteiger partial charge on any atom is 0.269 e. The van der Waals surface area contributed by atoms with Crippen LogP contribution < -0.4 is 5.32 Å². The van der Waals surface area contributed by atoms with Gasteiger partial charge in [0.1, 0.15) is 0 Å². The summed E-state index contributed by atoms with van der Waals surface area (Å²) in [5.41, 5.74) is 0.824. The van der Waals surface area contributed by atoms with Gasteiger partial charge in [-0.05, 0) is 5.56 Å². The standard InChI is InChI=1S/C14H19N3O3S/c1-16(14(18)8-12-10-21-6-5-15-12)9-11-3-2-4-13(7-11)17(19)20/h2-4,7,12,15H,5-6,8-10H2,1H3. The lowest BCUT2D eigenvalue weighted by Crippen LogP contribution is -2.41. The number of nitrogens with zero attached hydrogens (tertiary/aromatic N) is 2. The Morgan fingerprint density at radius 2 is 2.38 bits per heavy atom. The molecule has 1 heterocycles. The maximum atomic E-state index is 12.2. The van der Waals surface area contributed by atoms with Crippen molar-refractivity contribution in [2.45, 2.75) is 19.0 Å². The molecule has 6 nitrogen and oxygen atoms in total. The number of nitro groups is 1. The van der Waals surface area contributed by atoms with Crippen molar-refractivity contribution in [1.29, 1.82) is 0 Å². The number of benzene rings is 1. The van der Waals surface area contributed by atoms with E-state index >= 15 is 0 Å². The highest BCUT2D eigenvalue weighted by Gasteiger charge is 2.19. The summed E-state index contributed by atoms with van der Waals surface area (Å²) in [4.78, 5) is 24.1. The normalized spacial score (nSPS) is 18.2. The Bertz CT molecular complexity index is 518. The Kier molecular flexibility index (Phi) is 5.58. The van der Waals surface area contributed by atoms with Gasteiger partial charge in [0.05, 0.1) is 4.92 Å². The third-order valence-corrected chi connectivity index (χ3v) is 4.52. The second-order valence-electron chi connectivity index (χ2n) is 5.11. The highest BCUT2D eigenvalue weighted by Crippen LogP contribution is 2.16. The van der Waals surface area contributed by atoms with Crippen LogP contribution in [0.4, 0.5) is 5.69 Å². The summed E-state index contributed by atoms with van der Waals surface area (Å²) in [6.45, 7) is 1.33. The molecule has 0 aliphatic carbocycles. The van der Waals surface area contributed by atoms with Gasteiger partial charge < -0.3 is 10.2 Å². The zero-order chi connectivity index (χ0) is 15.2. The van der Waals surface area contributed by atoms with Crippen molar-refractivity contribution in [3.8, 4) is 0 Å². The van der Waals surface area contributed by atoms with Crippen LogP contribution >= 0.6 is 11.8 Å². The van der Waals surface area contributed by atoms with E-state index < -0.39 is 4.92 Å². The van der Waals surface area contributed by atoms with E-state index in [9.17, 15) is 14.9 Å². The molecule has 0 aromatic heterocycles. The number of thioether (sulfide) groups is 1. The average molecular weight is 309 g/mol. The van der Waals surface area contributed by atoms with Gasteiger partial charge in [-0.25, -0.2) is 0 Å². The number of hydrogen-bond donors (Lipinski definition) is 1. The van der Waals surface area contributed by atoms with Gasteiger partial charge in [-0.1, -0.05) is 12.1 Å². The quantitative estimate of drug-likeness (QED) is 0.661. The number of amides is 1. The van der Waals surface area contributed by atoms with Crippen LogP contribution in [-0.2, 0) is 11.3 Å². The van der Waals surface area contributed by atoms with Crippen molar-refractivity contribution in [2.75, 3.05) is 25.1 Å². The van der Waals surface area contributed by atoms with Crippen LogP contribution in [0.15, 0.2) is 24.3 Å². The van der Waals surface area contributed by atoms with E-state index in [1.54, 1.807) is 24.1 Å². The molecule has 1 unspecified atom stereocenters. The van der Waals surface area contributed by atoms with Crippen molar-refractivity contribution in [1.82, 2.24) is 10.2 Å². The molecule has 0 spiro atoms. The van der Waals surface area contributed by atoms with Gasteiger partial charge in [0.15, 0.2) is 0 Å². The fourth-order valence-corrected chi connectivity index (χ4v) is 3.20. The van der Waals surface area contributed by atoms with E-state index in [-0.39, 0.29) is 17.6 Å². The van der Waals surface area contributed by atoms with Gasteiger partial charge in [0.25, 0.3) is 5.69 Å². The summed E-state index contributed by atoms with van der Waals surface area (Å²) >= 11 is 1.86. The predicted molar refractivity (Wildman–Crippen MR) is 83.3 cm³/mol. The Morgan fingerprint density at radius 1 is 1.57 bits per heavy atom. The molecule has 0 saturated carbocycles. The Morgan fingerprint density at radius 3 is 3.05 bits per heavy atom. The van der Waals surface area contributed by atoms with Gasteiger partial charge in [-0.2, -0.15) is 11.8 Å². The van der Waals surface area contributed by atoms with Gasteiger partial charge in [-0.15, -0.1) is 0 Å². The van der Waals surface area contributed by atoms with Crippen LogP contribution in [0.2, 0.25) is 0 Å². The lowest BCUT2D eigenvalue weighted by molar-refractivity contribution is -0.384. The summed E-state index contributed by atoms with van der Waals surface area (Å²) in [7, 11) is 1.73. The molecule has 2 rings (SSSR count). The first-order chi connectivity index (χ1) is 10.1. The van der Waals surface area contributed by atoms with Crippen molar-refractivity contribution in [3.05, 3.63) is 39.9 Å². The summed E-state index contributed by atoms with van der Waals surface area (Å²) < 4.78 is 0. The molecule has 1 aliphatic heterocycles. The highest BCUT2D eigenvalue weighted by molar-refractivity contribution is 7.99. The van der Waals surface area contributed by atoms with Gasteiger partial charge in [0.2, 0.25) is 5.91 Å². The molecule has 1 amide bonds. The first kappa shape index (κ1) is 15.8. The topological polar surface area (TPSA) is 75.5 Å². The molecule has 1 saturated heterocycles. The number of hydrogen-bond acceptors (Lipinski definition) is 5. The molecule has 1 N–H and O–H groups in total. The number of rotatable bonds is 5. The molecule has 1 fully saturated rings. The number of carbonyl (C=O) groups is 1. The third-order valence-electron chi connectivity index (χ3n) is 3.39. The minimum absolute atomic E-state index is 0.0543. The van der Waals surface area contributed by atoms with E-state index in [4.69, 9.17) is 0 Å². The molecule has 0 bridgehead atoms. The second-order valence-corrected chi connectivity index (χ2v) is 6.26. The summed E-state index contributed by atoms with van der Waals surface area (Å²) in [6.07, 6.45) is 0.471. The molecule has 1 atom stereocenters. The number of carbonyl (C=O) groups excluding carboxylic acids is 1. The Balaban J connectivity index is 1.90. The van der Waals surface area contributed by atoms with E-state index in [1.807, 2.05) is 11.8 Å². The molecule has 1 aromatic rings. The van der Waals surface area contributed by atoms with Crippen molar-refractivity contribution < 1.29 is 9.72 Å². The van der Waals surface area contributed by atoms with Gasteiger partial charge >= 0.3 is 0 Å². The maximum absolute atomic E-state index is 12.2. The van der Waals surface area contributed by atoms with Crippen LogP contribution in [0, 0.1) is 10.1 Å². The van der Waals surface area contributed by atoms with Crippen LogP contribution in [-0.4, -0.2) is 46.9 Å². The number of non-ortho nitro benzene ring substituents is 1. The lowest BCUT2D eigenvalue weighted by Gasteiger charge is -2.25. The van der Waals surface area contributed by atoms with Crippen LogP contribution in [0.5, 0.6) is 0 Å². The molecule has 1 aromatic carbocycles. The monoisotopic (exact) mass is 309 g/mol. The number of nitro benzene ring substituents is 1. The first-order valence-corrected chi connectivity index (χ1v) is 8.00. The molecule has 21 heavy (non-hydrogen) atoms. The van der Waals surface area contributed by atoms with Crippen molar-refractivity contribution in [2.24, 2.45) is 0 Å². The third kappa shape index (κ3) is 4.71. The average Bonchev–Trinajstić information content (AvgIpc) is 2.48. The zero-order valence-corrected chi connectivity index (χ0v) is 12.8. The van der Waals surface area contributed by atoms with Crippen molar-refractivity contribution in [3.63, 3.8) is 0 Å². The van der Waals surface area contributed by atoms with Crippen molar-refractivity contribution >= 4 is 23.4 Å². The van der Waals surface area contributed by atoms with Crippen LogP contribution in [0.1, 0.15) is 12.0 Å². The highest BCUT2D eigenvalue weighted by atomic mass is 32.2. The van der Waals surface area contributed by atoms with E-state index in [0.29, 0.717) is 13.0 Å². The summed E-state index contributed by atoms with van der Waals surface area (Å²) in [5.74, 6) is 2.10. The molecular weight excluding hydrogens is 290 g/mol. The van der Waals surface area contributed by atoms with Crippen LogP contribution in [0.25, 0.3) is 0 Å². The largest absolute Gasteiger partial charge is 0.341 e. The minimum atomic E-state index is -0.422. The van der Waals surface area contributed by atoms with E-state index in [2.05, 4.69) is 5.32 Å². The fourth-order valence-electron chi connectivity index (χ4n) is 2.25. The second kappa shape index (κ2) is 7.42. The lowest BCUT2D eigenvalue weighted by atomic mass is 10.1. The van der Waals surface area contributed by atoms with Gasteiger partial charge in [0, 0.05) is 56.2 Å². The fraction of sp³-hybridized carbons (Fsp3) is 0.500. The van der Waals surface area contributed by atoms with Crippen LogP contribution in [0.3, 0.4) is 0 Å². The molecule has 0 radical (unpaired) electrons. The Hall–Kier alpha value is -1.60. The molecule has 1 aliphatic rings. The molecule has 7 heteroatoms. The van der Waals surface area contributed by atoms with Gasteiger partial charge in [-0.3, -0.25) is 14.9 Å². The number of nitrogens with one attached hydrogen (secondary N) is 1. The Labute approximate surface area is 128 Å². The smallest absolute Gasteiger partial charge is 0.269 e. The molecular formula is C14H19N3O3S. The molecule has 114 valence electrons. The summed E-state index contributed by atoms with van der Waals surface area (Å²) in [6, 6.07) is 6.63. The minimum Gasteiger partial charge on any atom is -0.341 e. The zero-order valence-electron chi connectivity index (χ0n) is 11.9.